The fourth-order valence-corrected chi connectivity index (χ4v) is 6.86. The van der Waals surface area contributed by atoms with Crippen molar-refractivity contribution >= 4 is 33.0 Å². The van der Waals surface area contributed by atoms with Crippen LogP contribution in [0.15, 0.2) is 107 Å². The van der Waals surface area contributed by atoms with Crippen LogP contribution < -0.4 is 19.3 Å². The summed E-state index contributed by atoms with van der Waals surface area (Å²) in [6.45, 7) is -2.80. The van der Waals surface area contributed by atoms with Gasteiger partial charge in [-0.3, -0.25) is 0 Å². The summed E-state index contributed by atoms with van der Waals surface area (Å²) >= 11 is 0. The third kappa shape index (κ3) is 13.7. The maximum absolute atomic E-state index is 13.4. The van der Waals surface area contributed by atoms with Crippen LogP contribution >= 0.6 is 21.6 Å². The quantitative estimate of drug-likeness (QED) is 0.0713. The first-order valence-corrected chi connectivity index (χ1v) is 18.5. The van der Waals surface area contributed by atoms with Crippen molar-refractivity contribution in [2.75, 3.05) is 22.9 Å². The maximum atomic E-state index is 13.4. The number of aliphatic hydroxyl groups is 2. The van der Waals surface area contributed by atoms with Crippen molar-refractivity contribution in [3.63, 3.8) is 0 Å². The largest absolute Gasteiger partial charge is 0.461 e. The summed E-state index contributed by atoms with van der Waals surface area (Å²) in [4.78, 5) is 3.25. The molecule has 0 aliphatic rings. The fourth-order valence-electron chi connectivity index (χ4n) is 4.93. The molecule has 22 heteroatoms. The van der Waals surface area contributed by atoms with E-state index in [1.165, 1.54) is 72.8 Å². The Morgan fingerprint density at radius 3 is 1.12 bits per heavy atom. The Kier molecular flexibility index (Phi) is 15.4. The van der Waals surface area contributed by atoms with Gasteiger partial charge in [-0.15, -0.1) is 0 Å². The number of benzene rings is 4. The van der Waals surface area contributed by atoms with Gasteiger partial charge in [-0.25, -0.2) is 0 Å². The molecule has 0 fully saturated rings. The molecule has 4 rings (SSSR count). The monoisotopic (exact) mass is 884 g/mol. The highest BCUT2D eigenvalue weighted by atomic mass is 33.1. The van der Waals surface area contributed by atoms with Gasteiger partial charge in [-0.2, -0.15) is 61.5 Å². The van der Waals surface area contributed by atoms with Crippen molar-refractivity contribution in [3.05, 3.63) is 108 Å². The second-order valence-electron chi connectivity index (χ2n) is 12.3. The number of hydrogen-bond acceptors (Lipinski definition) is 8. The molecule has 0 radical (unpaired) electrons. The molecular weight excluding hydrogens is 855 g/mol. The first kappa shape index (κ1) is 46.4. The number of rotatable bonds is 19. The van der Waals surface area contributed by atoms with Gasteiger partial charge in [0.1, 0.15) is 11.5 Å². The molecule has 2 N–H and O–H groups in total. The molecule has 0 aromatic heterocycles. The number of halogens is 14. The highest BCUT2D eigenvalue weighted by molar-refractivity contribution is 8.76. The Bertz CT molecular complexity index is 1770. The van der Waals surface area contributed by atoms with Gasteiger partial charge in [-0.1, -0.05) is 45.9 Å². The molecule has 2 atom stereocenters. The molecule has 4 aromatic rings. The second kappa shape index (κ2) is 19.2. The number of hydrogen-bond donors (Lipinski definition) is 2. The van der Waals surface area contributed by atoms with E-state index in [2.05, 4.69) is 9.47 Å². The van der Waals surface area contributed by atoms with E-state index in [1.54, 1.807) is 0 Å². The zero-order valence-corrected chi connectivity index (χ0v) is 30.7. The van der Waals surface area contributed by atoms with Crippen LogP contribution in [-0.4, -0.2) is 72.9 Å². The van der Waals surface area contributed by atoms with Gasteiger partial charge in [-0.05, 0) is 83.9 Å². The number of anilines is 2. The average Bonchev–Trinajstić information content (AvgIpc) is 3.13. The minimum atomic E-state index is -5.03. The molecule has 6 nitrogen and oxygen atoms in total. The summed E-state index contributed by atoms with van der Waals surface area (Å²) in [5, 5.41) is 19.6. The lowest BCUT2D eigenvalue weighted by atomic mass is 10.1. The van der Waals surface area contributed by atoms with Crippen LogP contribution in [0, 0.1) is 0 Å². The Balaban J connectivity index is 1.47. The lowest BCUT2D eigenvalue weighted by Gasteiger charge is -2.29. The van der Waals surface area contributed by atoms with Crippen LogP contribution in [0.1, 0.15) is 11.1 Å². The Morgan fingerprint density at radius 1 is 0.500 bits per heavy atom. The summed E-state index contributed by atoms with van der Waals surface area (Å²) in [6.07, 6.45) is -33.7. The molecule has 0 saturated heterocycles. The smallest absolute Gasteiger partial charge is 0.428 e. The van der Waals surface area contributed by atoms with E-state index in [0.717, 1.165) is 55.7 Å². The van der Waals surface area contributed by atoms with Gasteiger partial charge >= 0.3 is 37.4 Å². The molecule has 0 saturated carbocycles. The van der Waals surface area contributed by atoms with Crippen LogP contribution in [0.25, 0.3) is 0 Å². The third-order valence-corrected chi connectivity index (χ3v) is 10.2. The van der Waals surface area contributed by atoms with Crippen molar-refractivity contribution < 1.29 is 81.2 Å². The summed E-state index contributed by atoms with van der Waals surface area (Å²) in [5.41, 5.74) is 0.454. The van der Waals surface area contributed by atoms with Gasteiger partial charge < -0.3 is 29.5 Å². The van der Waals surface area contributed by atoms with Crippen LogP contribution in [0.3, 0.4) is 0 Å². The molecule has 2 unspecified atom stereocenters. The Hall–Kier alpha value is -4.28. The molecule has 58 heavy (non-hydrogen) atoms. The number of aliphatic hydroxyl groups excluding tert-OH is 2. The standard InChI is InChI=1S/C36H30F14N2O4S2/c37-31(38)35(47,48)55-25-5-1-3-21(15-25)17-51(19-29(53)33(41,42)43)23-7-11-27(12-8-23)57-58-28-13-9-24(10-14-28)52(20-30(54)34(44,45)46)18-22-4-2-6-26(16-22)56-36(49,50)32(39)40/h1-16,29-32,53-54H,17-20H2. The van der Waals surface area contributed by atoms with Crippen LogP contribution in [0.5, 0.6) is 11.5 Å². The summed E-state index contributed by atoms with van der Waals surface area (Å²) in [6, 6.07) is 20.4. The second-order valence-corrected chi connectivity index (χ2v) is 14.5. The van der Waals surface area contributed by atoms with Crippen molar-refractivity contribution in [2.24, 2.45) is 0 Å². The predicted molar refractivity (Wildman–Crippen MR) is 187 cm³/mol. The molecule has 0 bridgehead atoms. The molecule has 0 aliphatic carbocycles. The third-order valence-electron chi connectivity index (χ3n) is 7.74. The normalized spacial score (nSPS) is 13.8. The lowest BCUT2D eigenvalue weighted by molar-refractivity contribution is -0.253. The van der Waals surface area contributed by atoms with E-state index in [9.17, 15) is 71.7 Å². The zero-order chi connectivity index (χ0) is 43.1. The Labute approximate surface area is 328 Å². The van der Waals surface area contributed by atoms with Crippen molar-refractivity contribution in [3.8, 4) is 11.5 Å². The van der Waals surface area contributed by atoms with Crippen LogP contribution in [0.4, 0.5) is 72.8 Å². The number of nitrogens with zero attached hydrogens (tertiary/aromatic N) is 2. The van der Waals surface area contributed by atoms with Gasteiger partial charge in [0.05, 0.1) is 13.1 Å². The highest BCUT2D eigenvalue weighted by Crippen LogP contribution is 2.39. The van der Waals surface area contributed by atoms with E-state index >= 15 is 0 Å². The summed E-state index contributed by atoms with van der Waals surface area (Å²) < 4.78 is 192. The predicted octanol–water partition coefficient (Wildman–Crippen LogP) is 10.8. The first-order chi connectivity index (χ1) is 26.9. The van der Waals surface area contributed by atoms with E-state index in [-0.39, 0.29) is 22.5 Å². The summed E-state index contributed by atoms with van der Waals surface area (Å²) in [7, 11) is 2.31. The molecule has 318 valence electrons. The number of ether oxygens (including phenoxy) is 2. The molecule has 0 heterocycles. The fraction of sp³-hybridized carbons (Fsp3) is 0.333. The minimum absolute atomic E-state index is 0.0814. The van der Waals surface area contributed by atoms with Crippen LogP contribution in [0.2, 0.25) is 0 Å². The molecule has 4 aromatic carbocycles. The van der Waals surface area contributed by atoms with Gasteiger partial charge in [0.15, 0.2) is 12.2 Å². The maximum Gasteiger partial charge on any atom is 0.461 e. The van der Waals surface area contributed by atoms with Gasteiger partial charge in [0, 0.05) is 34.3 Å². The summed E-state index contributed by atoms with van der Waals surface area (Å²) in [5.74, 6) is -1.36. The van der Waals surface area contributed by atoms with Crippen molar-refractivity contribution in [2.45, 2.75) is 72.5 Å². The zero-order valence-electron chi connectivity index (χ0n) is 29.1. The van der Waals surface area contributed by atoms with E-state index < -0.39 is 87.3 Å². The first-order valence-electron chi connectivity index (χ1n) is 16.3. The van der Waals surface area contributed by atoms with Crippen molar-refractivity contribution in [1.82, 2.24) is 0 Å². The Morgan fingerprint density at radius 2 is 0.828 bits per heavy atom. The van der Waals surface area contributed by atoms with Gasteiger partial charge in [0.2, 0.25) is 0 Å². The topological polar surface area (TPSA) is 65.4 Å². The van der Waals surface area contributed by atoms with E-state index in [0.29, 0.717) is 9.79 Å². The van der Waals surface area contributed by atoms with E-state index in [4.69, 9.17) is 0 Å². The average molecular weight is 885 g/mol. The molecule has 0 aliphatic heterocycles. The molecule has 0 spiro atoms. The van der Waals surface area contributed by atoms with Gasteiger partial charge in [0.25, 0.3) is 0 Å². The van der Waals surface area contributed by atoms with Crippen LogP contribution in [-0.2, 0) is 13.1 Å². The highest BCUT2D eigenvalue weighted by Gasteiger charge is 2.45. The number of alkyl halides is 14. The lowest BCUT2D eigenvalue weighted by Crippen LogP contribution is -2.40. The van der Waals surface area contributed by atoms with Crippen molar-refractivity contribution in [1.29, 1.82) is 0 Å². The SMILES string of the molecule is OC(CN(Cc1cccc(OC(F)(F)C(F)F)c1)c1ccc(SSc2ccc(N(Cc3cccc(OC(F)(F)C(F)F)c3)CC(O)C(F)(F)F)cc2)cc1)C(F)(F)F. The minimum Gasteiger partial charge on any atom is -0.428 e. The van der Waals surface area contributed by atoms with E-state index in [1.807, 2.05) is 0 Å². The molecular formula is C36H30F14N2O4S2. The molecule has 0 amide bonds.